The van der Waals surface area contributed by atoms with Crippen LogP contribution in [-0.2, 0) is 4.74 Å². The van der Waals surface area contributed by atoms with E-state index in [1.54, 1.807) is 36.4 Å². The van der Waals surface area contributed by atoms with E-state index < -0.39 is 6.23 Å². The van der Waals surface area contributed by atoms with E-state index in [2.05, 4.69) is 10.5 Å². The molecule has 0 fully saturated rings. The van der Waals surface area contributed by atoms with Gasteiger partial charge in [0.15, 0.2) is 0 Å². The molecule has 0 bridgehead atoms. The molecule has 0 aromatic heterocycles. The van der Waals surface area contributed by atoms with Gasteiger partial charge in [-0.25, -0.2) is 4.39 Å². The maximum absolute atomic E-state index is 12.8. The van der Waals surface area contributed by atoms with Gasteiger partial charge in [-0.15, -0.1) is 5.10 Å². The van der Waals surface area contributed by atoms with E-state index >= 15 is 0 Å². The first kappa shape index (κ1) is 11.5. The standard InChI is InChI=1S/C14H11FN2O2/c15-10-7-5-9(6-8-10)13-16-17-14(19-13)11-3-1-2-4-12(11)18/h1-8,14,17-18H. The number of rotatable bonds is 2. The van der Waals surface area contributed by atoms with Crippen molar-refractivity contribution in [3.8, 4) is 5.75 Å². The second kappa shape index (κ2) is 4.61. The minimum absolute atomic E-state index is 0.135. The van der Waals surface area contributed by atoms with Crippen LogP contribution in [0.2, 0.25) is 0 Å². The van der Waals surface area contributed by atoms with Crippen molar-refractivity contribution in [2.75, 3.05) is 0 Å². The highest BCUT2D eigenvalue weighted by atomic mass is 19.1. The van der Waals surface area contributed by atoms with E-state index in [4.69, 9.17) is 4.74 Å². The molecule has 4 nitrogen and oxygen atoms in total. The normalized spacial score (nSPS) is 17.5. The lowest BCUT2D eigenvalue weighted by molar-refractivity contribution is 0.187. The lowest BCUT2D eigenvalue weighted by Gasteiger charge is -2.12. The highest BCUT2D eigenvalue weighted by molar-refractivity contribution is 5.94. The number of hydrogen-bond acceptors (Lipinski definition) is 4. The van der Waals surface area contributed by atoms with Crippen LogP contribution in [0.25, 0.3) is 0 Å². The topological polar surface area (TPSA) is 53.8 Å². The van der Waals surface area contributed by atoms with Gasteiger partial charge >= 0.3 is 0 Å². The molecule has 0 aliphatic carbocycles. The monoisotopic (exact) mass is 258 g/mol. The van der Waals surface area contributed by atoms with Crippen LogP contribution in [0.4, 0.5) is 4.39 Å². The molecule has 1 aliphatic rings. The summed E-state index contributed by atoms with van der Waals surface area (Å²) in [6.45, 7) is 0. The SMILES string of the molecule is Oc1ccccc1C1NN=C(c2ccc(F)cc2)O1. The lowest BCUT2D eigenvalue weighted by Crippen LogP contribution is -2.12. The number of phenols is 1. The van der Waals surface area contributed by atoms with Crippen LogP contribution in [-0.4, -0.2) is 11.0 Å². The van der Waals surface area contributed by atoms with Gasteiger partial charge in [0.25, 0.3) is 0 Å². The van der Waals surface area contributed by atoms with Gasteiger partial charge in [-0.1, -0.05) is 12.1 Å². The second-order valence-electron chi connectivity index (χ2n) is 4.11. The molecule has 96 valence electrons. The number of ether oxygens (including phenoxy) is 1. The van der Waals surface area contributed by atoms with Crippen molar-refractivity contribution < 1.29 is 14.2 Å². The molecule has 3 rings (SSSR count). The van der Waals surface area contributed by atoms with E-state index in [0.29, 0.717) is 17.0 Å². The molecule has 1 aliphatic heterocycles. The van der Waals surface area contributed by atoms with Crippen LogP contribution in [0.1, 0.15) is 17.4 Å². The summed E-state index contributed by atoms with van der Waals surface area (Å²) in [5.41, 5.74) is 4.06. The first-order valence-electron chi connectivity index (χ1n) is 5.78. The molecule has 0 radical (unpaired) electrons. The van der Waals surface area contributed by atoms with E-state index in [-0.39, 0.29) is 11.6 Å². The number of aromatic hydroxyl groups is 1. The Balaban J connectivity index is 1.80. The maximum Gasteiger partial charge on any atom is 0.240 e. The number of nitrogens with zero attached hydrogens (tertiary/aromatic N) is 1. The summed E-state index contributed by atoms with van der Waals surface area (Å²) in [7, 11) is 0. The Hall–Kier alpha value is -2.56. The van der Waals surface area contributed by atoms with Crippen molar-refractivity contribution in [2.24, 2.45) is 5.10 Å². The Labute approximate surface area is 109 Å². The lowest BCUT2D eigenvalue weighted by atomic mass is 10.2. The summed E-state index contributed by atoms with van der Waals surface area (Å²) >= 11 is 0. The predicted molar refractivity (Wildman–Crippen MR) is 68.0 cm³/mol. The Morgan fingerprint density at radius 2 is 1.84 bits per heavy atom. The molecule has 0 spiro atoms. The number of hydrogen-bond donors (Lipinski definition) is 2. The van der Waals surface area contributed by atoms with Crippen molar-refractivity contribution in [1.29, 1.82) is 0 Å². The third kappa shape index (κ3) is 2.22. The summed E-state index contributed by atoms with van der Waals surface area (Å²) in [5.74, 6) is 0.191. The van der Waals surface area contributed by atoms with Gasteiger partial charge in [0.2, 0.25) is 12.1 Å². The number of hydrazone groups is 1. The van der Waals surface area contributed by atoms with Crippen molar-refractivity contribution in [1.82, 2.24) is 5.43 Å². The minimum Gasteiger partial charge on any atom is -0.507 e. The molecule has 2 aromatic carbocycles. The average molecular weight is 258 g/mol. The van der Waals surface area contributed by atoms with Crippen molar-refractivity contribution in [3.05, 3.63) is 65.5 Å². The molecular formula is C14H11FN2O2. The number of para-hydroxylation sites is 1. The largest absolute Gasteiger partial charge is 0.507 e. The maximum atomic E-state index is 12.8. The average Bonchev–Trinajstić information content (AvgIpc) is 2.89. The molecule has 2 N–H and O–H groups in total. The van der Waals surface area contributed by atoms with Crippen molar-refractivity contribution in [3.63, 3.8) is 0 Å². The fourth-order valence-electron chi connectivity index (χ4n) is 1.85. The summed E-state index contributed by atoms with van der Waals surface area (Å²) in [5, 5.41) is 13.8. The zero-order valence-electron chi connectivity index (χ0n) is 9.88. The molecule has 5 heteroatoms. The highest BCUT2D eigenvalue weighted by Crippen LogP contribution is 2.28. The van der Waals surface area contributed by atoms with E-state index in [9.17, 15) is 9.50 Å². The van der Waals surface area contributed by atoms with Gasteiger partial charge in [-0.05, 0) is 36.4 Å². The fraction of sp³-hybridized carbons (Fsp3) is 0.0714. The van der Waals surface area contributed by atoms with Gasteiger partial charge in [0.1, 0.15) is 11.6 Å². The van der Waals surface area contributed by atoms with Crippen LogP contribution < -0.4 is 5.43 Å². The molecule has 2 aromatic rings. The quantitative estimate of drug-likeness (QED) is 0.870. The summed E-state index contributed by atoms with van der Waals surface area (Å²) < 4.78 is 18.4. The van der Waals surface area contributed by atoms with Gasteiger partial charge in [-0.2, -0.15) is 0 Å². The van der Waals surface area contributed by atoms with Crippen LogP contribution in [0.15, 0.2) is 53.6 Å². The Bertz CT molecular complexity index is 626. The number of phenolic OH excluding ortho intramolecular Hbond substituents is 1. The highest BCUT2D eigenvalue weighted by Gasteiger charge is 2.24. The molecule has 0 amide bonds. The van der Waals surface area contributed by atoms with Crippen LogP contribution >= 0.6 is 0 Å². The summed E-state index contributed by atoms with van der Waals surface area (Å²) in [4.78, 5) is 0. The zero-order chi connectivity index (χ0) is 13.2. The Morgan fingerprint density at radius 3 is 2.58 bits per heavy atom. The van der Waals surface area contributed by atoms with Crippen LogP contribution in [0.5, 0.6) is 5.75 Å². The van der Waals surface area contributed by atoms with E-state index in [1.807, 2.05) is 0 Å². The number of nitrogens with one attached hydrogen (secondary N) is 1. The molecule has 1 heterocycles. The van der Waals surface area contributed by atoms with Gasteiger partial charge in [-0.3, -0.25) is 5.43 Å². The van der Waals surface area contributed by atoms with Gasteiger partial charge in [0.05, 0.1) is 5.56 Å². The van der Waals surface area contributed by atoms with Gasteiger partial charge in [0, 0.05) is 5.56 Å². The molecule has 0 saturated carbocycles. The van der Waals surface area contributed by atoms with Crippen molar-refractivity contribution in [2.45, 2.75) is 6.23 Å². The molecule has 1 unspecified atom stereocenters. The first-order chi connectivity index (χ1) is 9.24. The van der Waals surface area contributed by atoms with Crippen molar-refractivity contribution >= 4 is 5.90 Å². The third-order valence-corrected chi connectivity index (χ3v) is 2.82. The summed E-state index contributed by atoms with van der Waals surface area (Å²) in [6, 6.07) is 12.7. The van der Waals surface area contributed by atoms with Gasteiger partial charge < -0.3 is 9.84 Å². The Kier molecular flexibility index (Phi) is 2.79. The van der Waals surface area contributed by atoms with E-state index in [1.165, 1.54) is 12.1 Å². The minimum atomic E-state index is -0.541. The fourth-order valence-corrected chi connectivity index (χ4v) is 1.85. The smallest absolute Gasteiger partial charge is 0.240 e. The first-order valence-corrected chi connectivity index (χ1v) is 5.78. The molecule has 0 saturated heterocycles. The third-order valence-electron chi connectivity index (χ3n) is 2.82. The summed E-state index contributed by atoms with van der Waals surface area (Å²) in [6.07, 6.45) is -0.541. The van der Waals surface area contributed by atoms with E-state index in [0.717, 1.165) is 0 Å². The zero-order valence-corrected chi connectivity index (χ0v) is 9.88. The predicted octanol–water partition coefficient (Wildman–Crippen LogP) is 2.51. The van der Waals surface area contributed by atoms with Crippen LogP contribution in [0.3, 0.4) is 0 Å². The molecule has 1 atom stereocenters. The van der Waals surface area contributed by atoms with Crippen LogP contribution in [0, 0.1) is 5.82 Å². The Morgan fingerprint density at radius 1 is 1.11 bits per heavy atom. The number of benzene rings is 2. The molecule has 19 heavy (non-hydrogen) atoms. The molecular weight excluding hydrogens is 247 g/mol. The number of halogens is 1. The second-order valence-corrected chi connectivity index (χ2v) is 4.11.